The van der Waals surface area contributed by atoms with E-state index in [1.54, 1.807) is 12.3 Å². The number of Topliss-reactive ketones (excluding diaryl/α,β-unsaturated/α-hetero) is 1. The summed E-state index contributed by atoms with van der Waals surface area (Å²) in [5.41, 5.74) is 2.08. The van der Waals surface area contributed by atoms with Crippen molar-refractivity contribution in [3.8, 4) is 11.5 Å². The first-order chi connectivity index (χ1) is 16.7. The number of ether oxygens (including phenoxy) is 2. The first-order valence-electron chi connectivity index (χ1n) is 11.3. The van der Waals surface area contributed by atoms with Gasteiger partial charge in [-0.05, 0) is 41.8 Å². The fourth-order valence-corrected chi connectivity index (χ4v) is 4.58. The molecule has 0 saturated heterocycles. The Labute approximate surface area is 194 Å². The van der Waals surface area contributed by atoms with Gasteiger partial charge in [-0.2, -0.15) is 4.98 Å². The molecule has 34 heavy (non-hydrogen) atoms. The molecule has 3 aromatic heterocycles. The van der Waals surface area contributed by atoms with Crippen molar-refractivity contribution in [2.24, 2.45) is 0 Å². The van der Waals surface area contributed by atoms with Gasteiger partial charge in [-0.15, -0.1) is 0 Å². The lowest BCUT2D eigenvalue weighted by Crippen LogP contribution is -2.23. The predicted molar refractivity (Wildman–Crippen MR) is 124 cm³/mol. The molecule has 9 heteroatoms. The molecule has 1 aromatic carbocycles. The molecule has 4 aromatic rings. The average Bonchev–Trinajstić information content (AvgIpc) is 3.28. The van der Waals surface area contributed by atoms with Crippen molar-refractivity contribution in [2.45, 2.75) is 31.7 Å². The highest BCUT2D eigenvalue weighted by Gasteiger charge is 2.30. The van der Waals surface area contributed by atoms with E-state index in [-0.39, 0.29) is 17.3 Å². The summed E-state index contributed by atoms with van der Waals surface area (Å²) in [5, 5.41) is 3.50. The number of hydrogen-bond donors (Lipinski definition) is 2. The molecule has 6 rings (SSSR count). The molecule has 2 aliphatic rings. The van der Waals surface area contributed by atoms with Gasteiger partial charge in [0, 0.05) is 37.1 Å². The van der Waals surface area contributed by atoms with E-state index in [9.17, 15) is 9.59 Å². The number of pyridine rings is 1. The van der Waals surface area contributed by atoms with Crippen molar-refractivity contribution in [2.75, 3.05) is 18.5 Å². The largest absolute Gasteiger partial charge is 0.490 e. The lowest BCUT2D eigenvalue weighted by Gasteiger charge is -2.22. The van der Waals surface area contributed by atoms with Crippen LogP contribution in [0.2, 0.25) is 0 Å². The number of aromatic amines is 1. The van der Waals surface area contributed by atoms with Gasteiger partial charge in [0.05, 0.1) is 24.9 Å². The van der Waals surface area contributed by atoms with Crippen LogP contribution in [0.3, 0.4) is 0 Å². The van der Waals surface area contributed by atoms with Gasteiger partial charge < -0.3 is 19.2 Å². The van der Waals surface area contributed by atoms with Crippen LogP contribution in [0.4, 0.5) is 5.95 Å². The van der Waals surface area contributed by atoms with Crippen molar-refractivity contribution >= 4 is 22.8 Å². The molecule has 2 N–H and O–H groups in total. The summed E-state index contributed by atoms with van der Waals surface area (Å²) in [6, 6.07) is 9.40. The number of nitrogens with one attached hydrogen (secondary N) is 2. The van der Waals surface area contributed by atoms with Crippen LogP contribution in [0.15, 0.2) is 52.0 Å². The molecule has 172 valence electrons. The SMILES string of the molecule is O=C1CC(c2ccco2)Cc2c1cnc1nc(NCc3ccc4c(c3)OCCCO4)[nH]c(=O)c21. The van der Waals surface area contributed by atoms with Crippen molar-refractivity contribution in [3.05, 3.63) is 75.6 Å². The first-order valence-corrected chi connectivity index (χ1v) is 11.3. The monoisotopic (exact) mass is 458 g/mol. The molecule has 1 aliphatic carbocycles. The minimum absolute atomic E-state index is 0.0481. The van der Waals surface area contributed by atoms with Gasteiger partial charge in [0.1, 0.15) is 5.76 Å². The fraction of sp³-hybridized carbons (Fsp3) is 0.280. The van der Waals surface area contributed by atoms with Gasteiger partial charge in [0.25, 0.3) is 5.56 Å². The predicted octanol–water partition coefficient (Wildman–Crippen LogP) is 3.60. The zero-order valence-electron chi connectivity index (χ0n) is 18.3. The van der Waals surface area contributed by atoms with E-state index in [0.29, 0.717) is 66.5 Å². The maximum Gasteiger partial charge on any atom is 0.262 e. The molecular weight excluding hydrogens is 436 g/mol. The summed E-state index contributed by atoms with van der Waals surface area (Å²) < 4.78 is 16.9. The normalized spacial score (nSPS) is 17.3. The zero-order valence-corrected chi connectivity index (χ0v) is 18.3. The van der Waals surface area contributed by atoms with Gasteiger partial charge in [-0.1, -0.05) is 6.07 Å². The van der Waals surface area contributed by atoms with E-state index >= 15 is 0 Å². The number of benzene rings is 1. The number of furan rings is 1. The second-order valence-corrected chi connectivity index (χ2v) is 8.49. The van der Waals surface area contributed by atoms with Gasteiger partial charge in [-0.3, -0.25) is 14.6 Å². The summed E-state index contributed by atoms with van der Waals surface area (Å²) in [5.74, 6) is 2.32. The fourth-order valence-electron chi connectivity index (χ4n) is 4.58. The van der Waals surface area contributed by atoms with E-state index in [1.807, 2.05) is 24.3 Å². The maximum atomic E-state index is 13.1. The minimum Gasteiger partial charge on any atom is -0.490 e. The number of aromatic nitrogens is 3. The highest BCUT2D eigenvalue weighted by Crippen LogP contribution is 2.35. The third kappa shape index (κ3) is 3.68. The lowest BCUT2D eigenvalue weighted by molar-refractivity contribution is 0.0960. The minimum atomic E-state index is -0.330. The van der Waals surface area contributed by atoms with Crippen LogP contribution >= 0.6 is 0 Å². The summed E-state index contributed by atoms with van der Waals surface area (Å²) in [6.45, 7) is 1.68. The van der Waals surface area contributed by atoms with E-state index in [0.717, 1.165) is 23.5 Å². The molecule has 9 nitrogen and oxygen atoms in total. The molecule has 1 aliphatic heterocycles. The number of hydrogen-bond acceptors (Lipinski definition) is 8. The third-order valence-corrected chi connectivity index (χ3v) is 6.24. The molecule has 0 bridgehead atoms. The van der Waals surface area contributed by atoms with Gasteiger partial charge in [-0.25, -0.2) is 4.98 Å². The Bertz CT molecular complexity index is 1440. The van der Waals surface area contributed by atoms with E-state index in [1.165, 1.54) is 6.20 Å². The van der Waals surface area contributed by atoms with Crippen molar-refractivity contribution in [1.29, 1.82) is 0 Å². The van der Waals surface area contributed by atoms with Gasteiger partial charge in [0.15, 0.2) is 22.9 Å². The molecular formula is C25H22N4O5. The zero-order chi connectivity index (χ0) is 23.1. The van der Waals surface area contributed by atoms with Crippen molar-refractivity contribution < 1.29 is 18.7 Å². The van der Waals surface area contributed by atoms with E-state index in [4.69, 9.17) is 13.9 Å². The van der Waals surface area contributed by atoms with Crippen LogP contribution in [0.1, 0.15) is 46.0 Å². The first kappa shape index (κ1) is 20.5. The smallest absolute Gasteiger partial charge is 0.262 e. The number of nitrogens with zero attached hydrogens (tertiary/aromatic N) is 2. The third-order valence-electron chi connectivity index (χ3n) is 6.24. The number of H-pyrrole nitrogens is 1. The summed E-state index contributed by atoms with van der Waals surface area (Å²) in [7, 11) is 0. The van der Waals surface area contributed by atoms with E-state index < -0.39 is 0 Å². The van der Waals surface area contributed by atoms with E-state index in [2.05, 4.69) is 20.3 Å². The molecule has 0 radical (unpaired) electrons. The van der Waals surface area contributed by atoms with Crippen LogP contribution in [0.5, 0.6) is 11.5 Å². The Hall–Kier alpha value is -4.14. The van der Waals surface area contributed by atoms with Crippen LogP contribution < -0.4 is 20.3 Å². The standard InChI is InChI=1S/C25H22N4O5/c30-18-11-15(19-3-1-6-32-19)10-16-17(18)13-26-23-22(16)24(31)29-25(28-23)27-12-14-4-5-20-21(9-14)34-8-2-7-33-20/h1,3-6,9,13,15H,2,7-8,10-12H2,(H2,26,27,28,29,31). The topological polar surface area (TPSA) is 119 Å². The van der Waals surface area contributed by atoms with Crippen LogP contribution in [0.25, 0.3) is 11.0 Å². The highest BCUT2D eigenvalue weighted by molar-refractivity contribution is 6.02. The van der Waals surface area contributed by atoms with Crippen LogP contribution in [-0.2, 0) is 13.0 Å². The summed E-state index contributed by atoms with van der Waals surface area (Å²) in [6.07, 6.45) is 4.81. The summed E-state index contributed by atoms with van der Waals surface area (Å²) >= 11 is 0. The number of rotatable bonds is 4. The quantitative estimate of drug-likeness (QED) is 0.476. The Morgan fingerprint density at radius 1 is 1.09 bits per heavy atom. The highest BCUT2D eigenvalue weighted by atomic mass is 16.5. The molecule has 1 unspecified atom stereocenters. The maximum absolute atomic E-state index is 13.1. The Morgan fingerprint density at radius 2 is 1.97 bits per heavy atom. The molecule has 0 amide bonds. The van der Waals surface area contributed by atoms with Gasteiger partial charge in [0.2, 0.25) is 5.95 Å². The second kappa shape index (κ2) is 8.33. The van der Waals surface area contributed by atoms with Crippen molar-refractivity contribution in [1.82, 2.24) is 15.0 Å². The van der Waals surface area contributed by atoms with Crippen molar-refractivity contribution in [3.63, 3.8) is 0 Å². The molecule has 0 spiro atoms. The van der Waals surface area contributed by atoms with Crippen LogP contribution in [-0.4, -0.2) is 33.9 Å². The number of anilines is 1. The number of carbonyl (C=O) groups excluding carboxylic acids is 1. The average molecular weight is 458 g/mol. The molecule has 0 fully saturated rings. The molecule has 1 atom stereocenters. The van der Waals surface area contributed by atoms with Gasteiger partial charge >= 0.3 is 0 Å². The molecule has 4 heterocycles. The lowest BCUT2D eigenvalue weighted by atomic mass is 9.81. The second-order valence-electron chi connectivity index (χ2n) is 8.49. The number of ketones is 1. The molecule has 0 saturated carbocycles. The number of carbonyl (C=O) groups is 1. The Balaban J connectivity index is 1.29. The Kier molecular flexibility index (Phi) is 5.01. The Morgan fingerprint density at radius 3 is 2.82 bits per heavy atom. The van der Waals surface area contributed by atoms with Crippen LogP contribution in [0, 0.1) is 0 Å². The summed E-state index contributed by atoms with van der Waals surface area (Å²) in [4.78, 5) is 37.4. The number of fused-ring (bicyclic) bond motifs is 4.